The molecule has 1 aliphatic rings. The van der Waals surface area contributed by atoms with E-state index in [1.807, 2.05) is 0 Å². The van der Waals surface area contributed by atoms with Crippen LogP contribution >= 0.6 is 0 Å². The second-order valence-corrected chi connectivity index (χ2v) is 9.44. The van der Waals surface area contributed by atoms with Gasteiger partial charge in [-0.25, -0.2) is 17.9 Å². The maximum absolute atomic E-state index is 13.2. The Labute approximate surface area is 162 Å². The molecule has 6 nitrogen and oxygen atoms in total. The SMILES string of the molecule is CC(C)(C)OC(=O)N[C@@H]1CCCC[C@H]1NS(=O)(=O)c1ccccc1C(F)(F)F. The highest BCUT2D eigenvalue weighted by molar-refractivity contribution is 7.89. The highest BCUT2D eigenvalue weighted by Crippen LogP contribution is 2.34. The number of hydrogen-bond acceptors (Lipinski definition) is 4. The molecule has 0 aliphatic heterocycles. The minimum atomic E-state index is -4.80. The van der Waals surface area contributed by atoms with Gasteiger partial charge in [-0.2, -0.15) is 13.2 Å². The highest BCUT2D eigenvalue weighted by atomic mass is 32.2. The summed E-state index contributed by atoms with van der Waals surface area (Å²) in [5, 5.41) is 2.63. The number of carbonyl (C=O) groups excluding carboxylic acids is 1. The quantitative estimate of drug-likeness (QED) is 0.773. The molecule has 0 radical (unpaired) electrons. The largest absolute Gasteiger partial charge is 0.444 e. The summed E-state index contributed by atoms with van der Waals surface area (Å²) < 4.78 is 72.5. The van der Waals surface area contributed by atoms with E-state index in [9.17, 15) is 26.4 Å². The first kappa shape index (κ1) is 22.5. The van der Waals surface area contributed by atoms with Crippen molar-refractivity contribution in [2.75, 3.05) is 0 Å². The number of halogens is 3. The summed E-state index contributed by atoms with van der Waals surface area (Å²) in [4.78, 5) is 11.2. The van der Waals surface area contributed by atoms with E-state index in [-0.39, 0.29) is 0 Å². The van der Waals surface area contributed by atoms with Crippen molar-refractivity contribution in [3.8, 4) is 0 Å². The number of amides is 1. The molecule has 0 bridgehead atoms. The number of nitrogens with one attached hydrogen (secondary N) is 2. The van der Waals surface area contributed by atoms with Crippen molar-refractivity contribution in [1.29, 1.82) is 0 Å². The maximum atomic E-state index is 13.2. The number of rotatable bonds is 4. The summed E-state index contributed by atoms with van der Waals surface area (Å²) in [5.74, 6) is 0. The van der Waals surface area contributed by atoms with E-state index in [4.69, 9.17) is 4.74 Å². The van der Waals surface area contributed by atoms with E-state index in [0.29, 0.717) is 19.3 Å². The Morgan fingerprint density at radius 3 is 2.21 bits per heavy atom. The van der Waals surface area contributed by atoms with Crippen LogP contribution in [0, 0.1) is 0 Å². The fraction of sp³-hybridized carbons (Fsp3) is 0.611. The number of ether oxygens (including phenoxy) is 1. The minimum absolute atomic E-state index is 0.397. The van der Waals surface area contributed by atoms with Crippen LogP contribution in [0.2, 0.25) is 0 Å². The van der Waals surface area contributed by atoms with E-state index in [1.165, 1.54) is 6.07 Å². The summed E-state index contributed by atoms with van der Waals surface area (Å²) in [6, 6.07) is 2.72. The fourth-order valence-electron chi connectivity index (χ4n) is 3.10. The smallest absolute Gasteiger partial charge is 0.417 e. The molecule has 1 aromatic carbocycles. The van der Waals surface area contributed by atoms with Crippen molar-refractivity contribution < 1.29 is 31.1 Å². The summed E-state index contributed by atoms with van der Waals surface area (Å²) in [6.07, 6.45) is -3.15. The molecule has 1 aromatic rings. The summed E-state index contributed by atoms with van der Waals surface area (Å²) in [5.41, 5.74) is -1.95. The number of carbonyl (C=O) groups is 1. The molecule has 0 unspecified atom stereocenters. The third-order valence-corrected chi connectivity index (χ3v) is 5.80. The molecule has 2 atom stereocenters. The van der Waals surface area contributed by atoms with Crippen LogP contribution < -0.4 is 10.0 Å². The Kier molecular flexibility index (Phi) is 6.65. The molecule has 0 saturated heterocycles. The maximum Gasteiger partial charge on any atom is 0.417 e. The molecule has 1 fully saturated rings. The van der Waals surface area contributed by atoms with Gasteiger partial charge in [-0.3, -0.25) is 0 Å². The predicted molar refractivity (Wildman–Crippen MR) is 97.2 cm³/mol. The zero-order valence-electron chi connectivity index (χ0n) is 16.0. The van der Waals surface area contributed by atoms with Gasteiger partial charge < -0.3 is 10.1 Å². The van der Waals surface area contributed by atoms with E-state index >= 15 is 0 Å². The van der Waals surface area contributed by atoms with Gasteiger partial charge >= 0.3 is 12.3 Å². The van der Waals surface area contributed by atoms with Gasteiger partial charge in [0, 0.05) is 12.1 Å². The molecular formula is C18H25F3N2O4S. The summed E-state index contributed by atoms with van der Waals surface area (Å²) in [6.45, 7) is 5.09. The Morgan fingerprint density at radius 2 is 1.64 bits per heavy atom. The number of sulfonamides is 1. The van der Waals surface area contributed by atoms with Crippen LogP contribution in [-0.4, -0.2) is 32.2 Å². The molecule has 0 spiro atoms. The molecule has 10 heteroatoms. The fourth-order valence-corrected chi connectivity index (χ4v) is 4.64. The van der Waals surface area contributed by atoms with Crippen molar-refractivity contribution in [3.05, 3.63) is 29.8 Å². The van der Waals surface area contributed by atoms with Crippen LogP contribution in [0.1, 0.15) is 52.0 Å². The molecule has 158 valence electrons. The second-order valence-electron chi connectivity index (χ2n) is 7.76. The molecular weight excluding hydrogens is 397 g/mol. The lowest BCUT2D eigenvalue weighted by Gasteiger charge is -2.33. The van der Waals surface area contributed by atoms with Gasteiger partial charge in [0.1, 0.15) is 5.60 Å². The Hall–Kier alpha value is -1.81. The number of alkyl carbamates (subject to hydrolysis) is 1. The molecule has 0 aromatic heterocycles. The average Bonchev–Trinajstić information content (AvgIpc) is 2.54. The van der Waals surface area contributed by atoms with Crippen LogP contribution in [0.4, 0.5) is 18.0 Å². The third-order valence-electron chi connectivity index (χ3n) is 4.26. The Morgan fingerprint density at radius 1 is 1.07 bits per heavy atom. The lowest BCUT2D eigenvalue weighted by Crippen LogP contribution is -2.53. The predicted octanol–water partition coefficient (Wildman–Crippen LogP) is 3.82. The van der Waals surface area contributed by atoms with Crippen LogP contribution in [0.5, 0.6) is 0 Å². The molecule has 1 aliphatic carbocycles. The van der Waals surface area contributed by atoms with Crippen molar-refractivity contribution in [1.82, 2.24) is 10.0 Å². The van der Waals surface area contributed by atoms with Gasteiger partial charge in [0.15, 0.2) is 0 Å². The van der Waals surface area contributed by atoms with E-state index in [0.717, 1.165) is 24.6 Å². The lowest BCUT2D eigenvalue weighted by atomic mass is 9.91. The van der Waals surface area contributed by atoms with Crippen molar-refractivity contribution in [2.24, 2.45) is 0 Å². The molecule has 2 N–H and O–H groups in total. The first-order chi connectivity index (χ1) is 12.8. The van der Waals surface area contributed by atoms with Crippen molar-refractivity contribution >= 4 is 16.1 Å². The molecule has 1 saturated carbocycles. The Balaban J connectivity index is 2.21. The van der Waals surface area contributed by atoms with Crippen molar-refractivity contribution in [3.63, 3.8) is 0 Å². The first-order valence-corrected chi connectivity index (χ1v) is 10.5. The Bertz CT molecular complexity index is 804. The van der Waals surface area contributed by atoms with Crippen LogP contribution in [0.3, 0.4) is 0 Å². The van der Waals surface area contributed by atoms with E-state index in [2.05, 4.69) is 10.0 Å². The summed E-state index contributed by atoms with van der Waals surface area (Å²) in [7, 11) is -4.44. The normalized spacial score (nSPS) is 21.2. The standard InChI is InChI=1S/C18H25F3N2O4S/c1-17(2,3)27-16(24)22-13-9-5-6-10-14(13)23-28(25,26)15-11-7-4-8-12(15)18(19,20)21/h4,7-8,11,13-14,23H,5-6,9-10H2,1-3H3,(H,22,24)/t13-,14-/m1/s1. The van der Waals surface area contributed by atoms with Gasteiger partial charge in [0.05, 0.1) is 10.5 Å². The summed E-state index contributed by atoms with van der Waals surface area (Å²) >= 11 is 0. The van der Waals surface area contributed by atoms with Gasteiger partial charge in [-0.1, -0.05) is 25.0 Å². The zero-order valence-corrected chi connectivity index (χ0v) is 16.8. The monoisotopic (exact) mass is 422 g/mol. The first-order valence-electron chi connectivity index (χ1n) is 8.98. The molecule has 0 heterocycles. The minimum Gasteiger partial charge on any atom is -0.444 e. The second kappa shape index (κ2) is 8.28. The van der Waals surface area contributed by atoms with E-state index in [1.54, 1.807) is 20.8 Å². The van der Waals surface area contributed by atoms with Gasteiger partial charge in [-0.15, -0.1) is 0 Å². The van der Waals surface area contributed by atoms with Gasteiger partial charge in [0.25, 0.3) is 0 Å². The molecule has 1 amide bonds. The van der Waals surface area contributed by atoms with Crippen LogP contribution in [-0.2, 0) is 20.9 Å². The van der Waals surface area contributed by atoms with E-state index < -0.39 is 50.4 Å². The van der Waals surface area contributed by atoms with Crippen molar-refractivity contribution in [2.45, 2.75) is 75.2 Å². The highest BCUT2D eigenvalue weighted by Gasteiger charge is 2.38. The lowest BCUT2D eigenvalue weighted by molar-refractivity contribution is -0.139. The zero-order chi connectivity index (χ0) is 21.2. The third kappa shape index (κ3) is 6.10. The number of hydrogen-bond donors (Lipinski definition) is 2. The van der Waals surface area contributed by atoms with Gasteiger partial charge in [-0.05, 0) is 45.7 Å². The number of alkyl halides is 3. The van der Waals surface area contributed by atoms with Gasteiger partial charge in [0.2, 0.25) is 10.0 Å². The number of benzene rings is 1. The van der Waals surface area contributed by atoms with Crippen LogP contribution in [0.15, 0.2) is 29.2 Å². The molecule has 2 rings (SSSR count). The average molecular weight is 422 g/mol. The topological polar surface area (TPSA) is 84.5 Å². The molecule has 28 heavy (non-hydrogen) atoms. The van der Waals surface area contributed by atoms with Crippen LogP contribution in [0.25, 0.3) is 0 Å².